The van der Waals surface area contributed by atoms with E-state index >= 15 is 0 Å². The highest BCUT2D eigenvalue weighted by Gasteiger charge is 2.18. The number of fused-ring (bicyclic) bond motifs is 3. The first-order chi connectivity index (χ1) is 19.9. The third kappa shape index (κ3) is 4.68. The smallest absolute Gasteiger partial charge is 0.137 e. The minimum Gasteiger partial charge on any atom is -0.457 e. The fraction of sp³-hybridized carbons (Fsp3) is 0.108. The molecule has 4 nitrogen and oxygen atoms in total. The number of pyridine rings is 1. The fourth-order valence-corrected chi connectivity index (χ4v) is 5.47. The Morgan fingerprint density at radius 2 is 1.41 bits per heavy atom. The molecular weight excluding hydrogens is 502 g/mol. The van der Waals surface area contributed by atoms with Crippen LogP contribution in [0.25, 0.3) is 44.4 Å². The van der Waals surface area contributed by atoms with Crippen molar-refractivity contribution in [1.29, 1.82) is 0 Å². The lowest BCUT2D eigenvalue weighted by Crippen LogP contribution is -2.12. The highest BCUT2D eigenvalue weighted by Crippen LogP contribution is 2.36. The van der Waals surface area contributed by atoms with Gasteiger partial charge in [0, 0.05) is 47.2 Å². The van der Waals surface area contributed by atoms with Gasteiger partial charge in [-0.15, -0.1) is 0 Å². The van der Waals surface area contributed by atoms with E-state index < -0.39 is 0 Å². The zero-order chi connectivity index (χ0) is 28.0. The van der Waals surface area contributed by atoms with Gasteiger partial charge in [-0.3, -0.25) is 4.57 Å². The quantitative estimate of drug-likeness (QED) is 0.221. The zero-order valence-electron chi connectivity index (χ0n) is 23.5. The lowest BCUT2D eigenvalue weighted by atomic mass is 9.88. The summed E-state index contributed by atoms with van der Waals surface area (Å²) in [6, 6.07) is 39.9. The Morgan fingerprint density at radius 1 is 0.634 bits per heavy atom. The van der Waals surface area contributed by atoms with Crippen LogP contribution in [0, 0.1) is 0 Å². The Labute approximate surface area is 240 Å². The van der Waals surface area contributed by atoms with Crippen LogP contribution in [-0.4, -0.2) is 14.1 Å². The third-order valence-electron chi connectivity index (χ3n) is 7.64. The van der Waals surface area contributed by atoms with Crippen LogP contribution in [0.2, 0.25) is 0 Å². The number of ether oxygens (including phenoxy) is 1. The molecule has 0 saturated carbocycles. The highest BCUT2D eigenvalue weighted by atomic mass is 16.5. The molecule has 3 heterocycles. The molecule has 0 aliphatic carbocycles. The third-order valence-corrected chi connectivity index (χ3v) is 7.64. The molecule has 0 radical (unpaired) electrons. The van der Waals surface area contributed by atoms with Gasteiger partial charge in [0.2, 0.25) is 0 Å². The largest absolute Gasteiger partial charge is 0.457 e. The predicted octanol–water partition coefficient (Wildman–Crippen LogP) is 9.73. The summed E-state index contributed by atoms with van der Waals surface area (Å²) in [4.78, 5) is 4.80. The standard InChI is InChI=1S/C37H31N3O/c1-37(2,3)28-18-20-38-36(22-28)40-34-15-8-7-14-32(34)33-17-16-31(24-35(33)40)41-30-13-9-12-29(23-30)39-21-19-27(25-39)26-10-5-4-6-11-26/h4-25H,1-3H3. The second kappa shape index (κ2) is 9.83. The van der Waals surface area contributed by atoms with Gasteiger partial charge in [-0.05, 0) is 70.6 Å². The molecule has 4 heteroatoms. The molecule has 0 aliphatic heterocycles. The minimum absolute atomic E-state index is 0.0251. The number of rotatable bonds is 5. The summed E-state index contributed by atoms with van der Waals surface area (Å²) in [5.41, 5.74) is 6.89. The lowest BCUT2D eigenvalue weighted by molar-refractivity contribution is 0.483. The summed E-state index contributed by atoms with van der Waals surface area (Å²) in [6.07, 6.45) is 6.15. The number of para-hydroxylation sites is 1. The van der Waals surface area contributed by atoms with E-state index in [1.54, 1.807) is 0 Å². The Kier molecular flexibility index (Phi) is 5.97. The number of aromatic nitrogens is 3. The summed E-state index contributed by atoms with van der Waals surface area (Å²) < 4.78 is 10.8. The van der Waals surface area contributed by atoms with Crippen molar-refractivity contribution in [3.05, 3.63) is 139 Å². The van der Waals surface area contributed by atoms with Gasteiger partial charge in [0.25, 0.3) is 0 Å². The van der Waals surface area contributed by atoms with Gasteiger partial charge in [-0.2, -0.15) is 0 Å². The molecular formula is C37H31N3O. The first-order valence-corrected chi connectivity index (χ1v) is 14.0. The number of nitrogens with zero attached hydrogens (tertiary/aromatic N) is 3. The van der Waals surface area contributed by atoms with Crippen molar-refractivity contribution >= 4 is 21.8 Å². The number of hydrogen-bond acceptors (Lipinski definition) is 2. The average Bonchev–Trinajstić information content (AvgIpc) is 3.61. The number of benzene rings is 4. The van der Waals surface area contributed by atoms with Gasteiger partial charge in [0.15, 0.2) is 0 Å². The molecule has 0 unspecified atom stereocenters. The molecule has 41 heavy (non-hydrogen) atoms. The highest BCUT2D eigenvalue weighted by molar-refractivity contribution is 6.09. The van der Waals surface area contributed by atoms with Crippen molar-refractivity contribution in [2.75, 3.05) is 0 Å². The van der Waals surface area contributed by atoms with Gasteiger partial charge < -0.3 is 9.30 Å². The van der Waals surface area contributed by atoms with E-state index in [1.807, 2.05) is 30.5 Å². The van der Waals surface area contributed by atoms with Crippen LogP contribution < -0.4 is 4.74 Å². The van der Waals surface area contributed by atoms with Crippen LogP contribution in [0.1, 0.15) is 26.3 Å². The molecule has 0 fully saturated rings. The molecule has 0 atom stereocenters. The van der Waals surface area contributed by atoms with E-state index in [0.29, 0.717) is 0 Å². The SMILES string of the molecule is CC(C)(C)c1ccnc(-n2c3ccccc3c3ccc(Oc4cccc(-n5ccc(-c6ccccc6)c5)c4)cc32)c1. The molecule has 4 aromatic carbocycles. The van der Waals surface area contributed by atoms with Crippen LogP contribution >= 0.6 is 0 Å². The van der Waals surface area contributed by atoms with Crippen LogP contribution in [0.5, 0.6) is 11.5 Å². The minimum atomic E-state index is 0.0251. The maximum Gasteiger partial charge on any atom is 0.137 e. The van der Waals surface area contributed by atoms with Gasteiger partial charge in [-0.1, -0.05) is 75.4 Å². The van der Waals surface area contributed by atoms with Gasteiger partial charge in [0.1, 0.15) is 17.3 Å². The molecule has 0 saturated heterocycles. The Bertz CT molecular complexity index is 2010. The van der Waals surface area contributed by atoms with Crippen LogP contribution in [0.3, 0.4) is 0 Å². The average molecular weight is 534 g/mol. The summed E-state index contributed by atoms with van der Waals surface area (Å²) in [7, 11) is 0. The van der Waals surface area contributed by atoms with Crippen molar-refractivity contribution in [2.45, 2.75) is 26.2 Å². The van der Waals surface area contributed by atoms with Crippen molar-refractivity contribution in [2.24, 2.45) is 0 Å². The van der Waals surface area contributed by atoms with Crippen LogP contribution in [0.15, 0.2) is 134 Å². The molecule has 0 aliphatic rings. The normalized spacial score (nSPS) is 11.8. The molecule has 0 N–H and O–H groups in total. The molecule has 0 amide bonds. The first kappa shape index (κ1) is 24.9. The maximum atomic E-state index is 6.46. The lowest BCUT2D eigenvalue weighted by Gasteiger charge is -2.20. The van der Waals surface area contributed by atoms with Crippen molar-refractivity contribution in [3.63, 3.8) is 0 Å². The topological polar surface area (TPSA) is 32.0 Å². The number of hydrogen-bond donors (Lipinski definition) is 0. The van der Waals surface area contributed by atoms with E-state index in [1.165, 1.54) is 27.5 Å². The van der Waals surface area contributed by atoms with E-state index in [4.69, 9.17) is 9.72 Å². The summed E-state index contributed by atoms with van der Waals surface area (Å²) in [6.45, 7) is 6.69. The van der Waals surface area contributed by atoms with Crippen molar-refractivity contribution < 1.29 is 4.74 Å². The van der Waals surface area contributed by atoms with Crippen molar-refractivity contribution in [3.8, 4) is 34.1 Å². The Hall–Kier alpha value is -5.09. The van der Waals surface area contributed by atoms with E-state index in [-0.39, 0.29) is 5.41 Å². The van der Waals surface area contributed by atoms with Gasteiger partial charge >= 0.3 is 0 Å². The summed E-state index contributed by atoms with van der Waals surface area (Å²) >= 11 is 0. The molecule has 7 aromatic rings. The Morgan fingerprint density at radius 3 is 2.27 bits per heavy atom. The molecule has 0 spiro atoms. The second-order valence-corrected chi connectivity index (χ2v) is 11.5. The van der Waals surface area contributed by atoms with Crippen LogP contribution in [-0.2, 0) is 5.41 Å². The first-order valence-electron chi connectivity index (χ1n) is 14.0. The van der Waals surface area contributed by atoms with E-state index in [0.717, 1.165) is 34.0 Å². The fourth-order valence-electron chi connectivity index (χ4n) is 5.47. The van der Waals surface area contributed by atoms with Gasteiger partial charge in [-0.25, -0.2) is 4.98 Å². The summed E-state index contributed by atoms with van der Waals surface area (Å²) in [5.74, 6) is 2.47. The monoisotopic (exact) mass is 533 g/mol. The maximum absolute atomic E-state index is 6.46. The second-order valence-electron chi connectivity index (χ2n) is 11.5. The molecule has 0 bridgehead atoms. The van der Waals surface area contributed by atoms with Crippen molar-refractivity contribution in [1.82, 2.24) is 14.1 Å². The van der Waals surface area contributed by atoms with Gasteiger partial charge in [0.05, 0.1) is 11.0 Å². The molecule has 7 rings (SSSR count). The van der Waals surface area contributed by atoms with E-state index in [9.17, 15) is 0 Å². The molecule has 3 aromatic heterocycles. The Balaban J connectivity index is 1.27. The summed E-state index contributed by atoms with van der Waals surface area (Å²) in [5, 5.41) is 2.37. The predicted molar refractivity (Wildman–Crippen MR) is 169 cm³/mol. The van der Waals surface area contributed by atoms with Crippen LogP contribution in [0.4, 0.5) is 0 Å². The zero-order valence-corrected chi connectivity index (χ0v) is 23.5. The van der Waals surface area contributed by atoms with E-state index in [2.05, 4.69) is 133 Å². The molecule has 200 valence electrons.